The second-order valence-corrected chi connectivity index (χ2v) is 8.21. The van der Waals surface area contributed by atoms with Crippen LogP contribution in [0, 0.1) is 5.82 Å². The molecule has 0 aromatic heterocycles. The van der Waals surface area contributed by atoms with Crippen LogP contribution in [0.1, 0.15) is 39.7 Å². The number of halogens is 1. The number of ether oxygens (including phenoxy) is 2. The van der Waals surface area contributed by atoms with Gasteiger partial charge in [-0.05, 0) is 67.5 Å². The second-order valence-electron chi connectivity index (χ2n) is 8.21. The lowest BCUT2D eigenvalue weighted by molar-refractivity contribution is -0.139. The first-order valence-corrected chi connectivity index (χ1v) is 9.94. The summed E-state index contributed by atoms with van der Waals surface area (Å²) in [5.74, 6) is -0.335. The molecule has 29 heavy (non-hydrogen) atoms. The highest BCUT2D eigenvalue weighted by molar-refractivity contribution is 5.69. The summed E-state index contributed by atoms with van der Waals surface area (Å²) >= 11 is 0. The molecule has 0 bridgehead atoms. The Kier molecular flexibility index (Phi) is 6.08. The van der Waals surface area contributed by atoms with Gasteiger partial charge in [-0.25, -0.2) is 9.18 Å². The molecule has 5 heteroatoms. The van der Waals surface area contributed by atoms with Gasteiger partial charge in [0.25, 0.3) is 0 Å². The third kappa shape index (κ3) is 4.85. The van der Waals surface area contributed by atoms with Gasteiger partial charge in [-0.2, -0.15) is 0 Å². The van der Waals surface area contributed by atoms with Gasteiger partial charge in [-0.1, -0.05) is 43.3 Å². The van der Waals surface area contributed by atoms with Crippen molar-refractivity contribution in [3.63, 3.8) is 0 Å². The molecule has 0 aliphatic heterocycles. The smallest absolute Gasteiger partial charge is 0.407 e. The molecule has 1 aliphatic rings. The molecule has 0 saturated heterocycles. The zero-order valence-corrected chi connectivity index (χ0v) is 17.4. The van der Waals surface area contributed by atoms with Crippen molar-refractivity contribution in [2.45, 2.75) is 51.4 Å². The van der Waals surface area contributed by atoms with Crippen LogP contribution in [0.3, 0.4) is 0 Å². The Morgan fingerprint density at radius 1 is 1.10 bits per heavy atom. The lowest BCUT2D eigenvalue weighted by Gasteiger charge is -2.42. The van der Waals surface area contributed by atoms with Gasteiger partial charge in [-0.3, -0.25) is 0 Å². The maximum absolute atomic E-state index is 13.6. The number of amides is 1. The first kappa shape index (κ1) is 21.1. The molecule has 1 aliphatic carbocycles. The zero-order chi connectivity index (χ0) is 21.1. The number of benzene rings is 2. The highest BCUT2D eigenvalue weighted by Crippen LogP contribution is 2.39. The van der Waals surface area contributed by atoms with Crippen LogP contribution < -0.4 is 15.8 Å². The van der Waals surface area contributed by atoms with Gasteiger partial charge in [0.05, 0.1) is 5.60 Å². The average Bonchev–Trinajstić information content (AvgIpc) is 2.66. The normalized spacial score (nSPS) is 20.8. The number of alkyl carbamates (subject to hydrolysis) is 1. The number of fused-ring (bicyclic) bond motifs is 1. The van der Waals surface area contributed by atoms with E-state index in [0.29, 0.717) is 12.1 Å². The van der Waals surface area contributed by atoms with E-state index in [1.54, 1.807) is 12.1 Å². The minimum Gasteiger partial charge on any atom is -0.438 e. The number of carbonyl (C=O) groups excluding carboxylic acids is 1. The molecule has 0 fully saturated rings. The van der Waals surface area contributed by atoms with Crippen molar-refractivity contribution in [3.05, 3.63) is 70.3 Å². The van der Waals surface area contributed by atoms with E-state index in [4.69, 9.17) is 9.47 Å². The molecule has 2 aromatic rings. The molecule has 0 heterocycles. The third-order valence-electron chi connectivity index (χ3n) is 4.64. The summed E-state index contributed by atoms with van der Waals surface area (Å²) < 4.78 is 26.0. The van der Waals surface area contributed by atoms with Gasteiger partial charge in [0, 0.05) is 6.54 Å². The molecule has 3 rings (SSSR count). The van der Waals surface area contributed by atoms with E-state index in [0.717, 1.165) is 16.9 Å². The van der Waals surface area contributed by atoms with Crippen molar-refractivity contribution in [3.8, 4) is 0 Å². The minimum absolute atomic E-state index is 0.335. The van der Waals surface area contributed by atoms with E-state index in [9.17, 15) is 9.18 Å². The topological polar surface area (TPSA) is 47.6 Å². The first-order valence-electron chi connectivity index (χ1n) is 9.94. The molecule has 1 amide bonds. The fraction of sp³-hybridized carbons (Fsp3) is 0.375. The van der Waals surface area contributed by atoms with Gasteiger partial charge < -0.3 is 14.8 Å². The maximum atomic E-state index is 13.6. The van der Waals surface area contributed by atoms with E-state index in [1.165, 1.54) is 12.1 Å². The predicted octanol–water partition coefficient (Wildman–Crippen LogP) is 3.62. The zero-order valence-electron chi connectivity index (χ0n) is 17.4. The molecule has 0 saturated carbocycles. The Balaban J connectivity index is 2.18. The fourth-order valence-electron chi connectivity index (χ4n) is 3.51. The largest absolute Gasteiger partial charge is 0.438 e. The van der Waals surface area contributed by atoms with Crippen LogP contribution in [-0.2, 0) is 15.1 Å². The van der Waals surface area contributed by atoms with Crippen molar-refractivity contribution < 1.29 is 18.7 Å². The van der Waals surface area contributed by atoms with Gasteiger partial charge >= 0.3 is 6.09 Å². The van der Waals surface area contributed by atoms with E-state index in [2.05, 4.69) is 5.32 Å². The van der Waals surface area contributed by atoms with Crippen molar-refractivity contribution >= 4 is 18.2 Å². The van der Waals surface area contributed by atoms with Gasteiger partial charge in [0.2, 0.25) is 0 Å². The van der Waals surface area contributed by atoms with E-state index >= 15 is 0 Å². The number of rotatable bonds is 5. The van der Waals surface area contributed by atoms with E-state index < -0.39 is 23.4 Å². The summed E-state index contributed by atoms with van der Waals surface area (Å²) in [6, 6.07) is 14.0. The van der Waals surface area contributed by atoms with Crippen LogP contribution in [0.2, 0.25) is 0 Å². The molecule has 154 valence electrons. The van der Waals surface area contributed by atoms with Crippen LogP contribution in [0.4, 0.5) is 9.18 Å². The summed E-state index contributed by atoms with van der Waals surface area (Å²) in [4.78, 5) is 12.4. The summed E-state index contributed by atoms with van der Waals surface area (Å²) in [6.07, 6.45) is 3.44. The third-order valence-corrected chi connectivity index (χ3v) is 4.64. The van der Waals surface area contributed by atoms with Crippen LogP contribution in [-0.4, -0.2) is 24.3 Å². The first-order chi connectivity index (χ1) is 13.7. The molecule has 1 N–H and O–H groups in total. The Morgan fingerprint density at radius 2 is 1.76 bits per heavy atom. The van der Waals surface area contributed by atoms with Crippen LogP contribution in [0.25, 0.3) is 12.2 Å². The Labute approximate surface area is 171 Å². The lowest BCUT2D eigenvalue weighted by Crippen LogP contribution is -2.52. The lowest BCUT2D eigenvalue weighted by atomic mass is 9.82. The Bertz CT molecular complexity index is 978. The molecule has 0 radical (unpaired) electrons. The van der Waals surface area contributed by atoms with Gasteiger partial charge in [0.15, 0.2) is 11.7 Å². The van der Waals surface area contributed by atoms with E-state index in [-0.39, 0.29) is 5.82 Å². The number of nitrogens with one attached hydrogen (secondary N) is 1. The molecule has 2 unspecified atom stereocenters. The summed E-state index contributed by atoms with van der Waals surface area (Å²) in [7, 11) is 0. The predicted molar refractivity (Wildman–Crippen MR) is 112 cm³/mol. The molecule has 2 aromatic carbocycles. The minimum atomic E-state index is -1.09. The number of carbonyl (C=O) groups is 1. The molecular weight excluding hydrogens is 369 g/mol. The van der Waals surface area contributed by atoms with Crippen molar-refractivity contribution in [1.82, 2.24) is 5.32 Å². The van der Waals surface area contributed by atoms with Crippen LogP contribution >= 0.6 is 0 Å². The number of hydrogen-bond donors (Lipinski definition) is 1. The summed E-state index contributed by atoms with van der Waals surface area (Å²) in [5, 5.41) is 4.68. The fourth-order valence-corrected chi connectivity index (χ4v) is 3.51. The second kappa shape index (κ2) is 8.37. The summed E-state index contributed by atoms with van der Waals surface area (Å²) in [5.41, 5.74) is -0.927. The van der Waals surface area contributed by atoms with Crippen LogP contribution in [0.5, 0.6) is 0 Å². The monoisotopic (exact) mass is 397 g/mol. The molecule has 2 atom stereocenters. The average molecular weight is 397 g/mol. The highest BCUT2D eigenvalue weighted by Gasteiger charge is 2.45. The van der Waals surface area contributed by atoms with Gasteiger partial charge in [-0.15, -0.1) is 0 Å². The van der Waals surface area contributed by atoms with Crippen molar-refractivity contribution in [1.29, 1.82) is 0 Å². The molecular formula is C24H28FNO3. The highest BCUT2D eigenvalue weighted by atomic mass is 19.1. The van der Waals surface area contributed by atoms with Gasteiger partial charge in [0.1, 0.15) is 5.82 Å². The Morgan fingerprint density at radius 3 is 2.38 bits per heavy atom. The van der Waals surface area contributed by atoms with Crippen molar-refractivity contribution in [2.24, 2.45) is 0 Å². The SMILES string of the molecule is CCCNC(=O)OC1C=c2ccccc2=CC1(OC(C)(C)C)c1ccc(F)cc1. The van der Waals surface area contributed by atoms with E-state index in [1.807, 2.05) is 64.1 Å². The molecule has 0 spiro atoms. The summed E-state index contributed by atoms with van der Waals surface area (Å²) in [6.45, 7) is 8.33. The maximum Gasteiger partial charge on any atom is 0.407 e. The number of hydrogen-bond acceptors (Lipinski definition) is 3. The molecule has 4 nitrogen and oxygen atoms in total. The van der Waals surface area contributed by atoms with Crippen molar-refractivity contribution in [2.75, 3.05) is 6.54 Å². The Hall–Kier alpha value is -2.66. The van der Waals surface area contributed by atoms with Crippen LogP contribution in [0.15, 0.2) is 48.5 Å². The quantitative estimate of drug-likeness (QED) is 0.838. The standard InChI is InChI=1S/C24H28FNO3/c1-5-14-26-22(27)28-21-15-17-8-6-7-9-18(17)16-24(21,29-23(2,3)4)19-10-12-20(25)13-11-19/h6-13,15-16,21H,5,14H2,1-4H3,(H,26,27).